The van der Waals surface area contributed by atoms with Gasteiger partial charge in [0, 0.05) is 17.8 Å². The van der Waals surface area contributed by atoms with Crippen LogP contribution in [0.1, 0.15) is 50.4 Å². The van der Waals surface area contributed by atoms with Crippen molar-refractivity contribution in [2.45, 2.75) is 33.7 Å². The minimum absolute atomic E-state index is 0.375. The van der Waals surface area contributed by atoms with E-state index in [0.717, 1.165) is 23.4 Å². The number of nitrogens with zero attached hydrogens (tertiary/aromatic N) is 1. The fraction of sp³-hybridized carbons (Fsp3) is 0.273. The molecule has 1 nitrogen and oxygen atoms in total. The van der Waals surface area contributed by atoms with Crippen molar-refractivity contribution in [1.29, 1.82) is 0 Å². The Morgan fingerprint density at radius 2 is 2.00 bits per heavy atom. The summed E-state index contributed by atoms with van der Waals surface area (Å²) in [5.74, 6) is 0. The van der Waals surface area contributed by atoms with Gasteiger partial charge in [0.15, 0.2) is 0 Å². The molecule has 0 radical (unpaired) electrons. The highest BCUT2D eigenvalue weighted by atomic mass is 15.2. The van der Waals surface area contributed by atoms with Crippen molar-refractivity contribution in [3.8, 4) is 0 Å². The number of fused-ring (bicyclic) bond motifs is 1. The van der Waals surface area contributed by atoms with Gasteiger partial charge >= 0.3 is 0 Å². The van der Waals surface area contributed by atoms with Crippen molar-refractivity contribution < 1.29 is 0 Å². The van der Waals surface area contributed by atoms with Crippen LogP contribution >= 0.6 is 0 Å². The number of hydrogen-bond acceptors (Lipinski definition) is 1. The first-order valence-corrected chi connectivity index (χ1v) is 8.30. The lowest BCUT2D eigenvalue weighted by Gasteiger charge is -2.23. The highest BCUT2D eigenvalue weighted by molar-refractivity contribution is 5.82. The van der Waals surface area contributed by atoms with Crippen molar-refractivity contribution in [3.05, 3.63) is 84.0 Å². The molecule has 120 valence electrons. The molecule has 0 spiro atoms. The highest BCUT2D eigenvalue weighted by Crippen LogP contribution is 2.41. The molecule has 1 heterocycles. The van der Waals surface area contributed by atoms with Crippen LogP contribution in [-0.4, -0.2) is 11.4 Å². The molecule has 1 atom stereocenters. The second-order valence-corrected chi connectivity index (χ2v) is 5.84. The smallest absolute Gasteiger partial charge is 0.0521 e. The van der Waals surface area contributed by atoms with Gasteiger partial charge in [-0.1, -0.05) is 55.7 Å². The van der Waals surface area contributed by atoms with E-state index in [0.29, 0.717) is 6.04 Å². The molecule has 0 aliphatic carbocycles. The summed E-state index contributed by atoms with van der Waals surface area (Å²) in [6.07, 6.45) is 10.4. The second kappa shape index (κ2) is 7.32. The van der Waals surface area contributed by atoms with Crippen LogP contribution in [0.2, 0.25) is 0 Å². The first-order valence-electron chi connectivity index (χ1n) is 8.30. The summed E-state index contributed by atoms with van der Waals surface area (Å²) in [6.45, 7) is 18.0. The van der Waals surface area contributed by atoms with E-state index in [-0.39, 0.29) is 0 Å². The molecule has 1 heteroatoms. The van der Waals surface area contributed by atoms with Gasteiger partial charge in [0.25, 0.3) is 0 Å². The zero-order valence-electron chi connectivity index (χ0n) is 14.8. The maximum Gasteiger partial charge on any atom is 0.0521 e. The van der Waals surface area contributed by atoms with Crippen molar-refractivity contribution in [1.82, 2.24) is 4.90 Å². The van der Waals surface area contributed by atoms with E-state index in [9.17, 15) is 0 Å². The predicted molar refractivity (Wildman–Crippen MR) is 103 cm³/mol. The third kappa shape index (κ3) is 3.24. The van der Waals surface area contributed by atoms with Crippen LogP contribution in [-0.2, 0) is 0 Å². The number of hydrogen-bond donors (Lipinski definition) is 0. The zero-order chi connectivity index (χ0) is 17.0. The Hall–Kier alpha value is -2.28. The molecular weight excluding hydrogens is 278 g/mol. The molecule has 23 heavy (non-hydrogen) atoms. The van der Waals surface area contributed by atoms with Gasteiger partial charge in [-0.05, 0) is 56.0 Å². The normalized spacial score (nSPS) is 18.3. The number of benzene rings is 1. The summed E-state index contributed by atoms with van der Waals surface area (Å²) >= 11 is 0. The van der Waals surface area contributed by atoms with Crippen molar-refractivity contribution in [2.75, 3.05) is 6.54 Å². The van der Waals surface area contributed by atoms with E-state index in [1.54, 1.807) is 0 Å². The molecule has 1 aromatic carbocycles. The van der Waals surface area contributed by atoms with Crippen molar-refractivity contribution in [3.63, 3.8) is 0 Å². The molecule has 0 aromatic heterocycles. The van der Waals surface area contributed by atoms with E-state index >= 15 is 0 Å². The minimum atomic E-state index is 0.375. The molecule has 1 aliphatic heterocycles. The third-order valence-electron chi connectivity index (χ3n) is 4.48. The molecule has 0 fully saturated rings. The molecule has 0 amide bonds. The molecule has 0 saturated carbocycles. The molecule has 0 N–H and O–H groups in total. The summed E-state index contributed by atoms with van der Waals surface area (Å²) in [5, 5.41) is 0. The van der Waals surface area contributed by atoms with Gasteiger partial charge in [0.1, 0.15) is 0 Å². The van der Waals surface area contributed by atoms with Crippen LogP contribution in [0.15, 0.2) is 67.3 Å². The van der Waals surface area contributed by atoms with Gasteiger partial charge in [-0.15, -0.1) is 0 Å². The SMILES string of the molecule is C=C(C(/C=C/C)=C/C=C/C)c1ccc2c(c1)C(C)N(CC)C2=C. The van der Waals surface area contributed by atoms with Gasteiger partial charge in [-0.25, -0.2) is 0 Å². The largest absolute Gasteiger partial charge is 0.365 e. The van der Waals surface area contributed by atoms with Gasteiger partial charge in [-0.3, -0.25) is 0 Å². The Kier molecular flexibility index (Phi) is 5.44. The number of rotatable bonds is 5. The summed E-state index contributed by atoms with van der Waals surface area (Å²) < 4.78 is 0. The van der Waals surface area contributed by atoms with Crippen molar-refractivity contribution >= 4 is 11.3 Å². The lowest BCUT2D eigenvalue weighted by Crippen LogP contribution is -2.17. The van der Waals surface area contributed by atoms with E-state index in [1.165, 1.54) is 16.7 Å². The second-order valence-electron chi connectivity index (χ2n) is 5.84. The fourth-order valence-electron chi connectivity index (χ4n) is 3.18. The van der Waals surface area contributed by atoms with Crippen LogP contribution in [0.3, 0.4) is 0 Å². The van der Waals surface area contributed by atoms with Crippen LogP contribution in [0.5, 0.6) is 0 Å². The van der Waals surface area contributed by atoms with Crippen LogP contribution in [0.25, 0.3) is 11.3 Å². The van der Waals surface area contributed by atoms with Crippen LogP contribution in [0.4, 0.5) is 0 Å². The monoisotopic (exact) mass is 305 g/mol. The Bertz CT molecular complexity index is 701. The van der Waals surface area contributed by atoms with E-state index < -0.39 is 0 Å². The third-order valence-corrected chi connectivity index (χ3v) is 4.48. The van der Waals surface area contributed by atoms with Gasteiger partial charge < -0.3 is 4.90 Å². The van der Waals surface area contributed by atoms with Gasteiger partial charge in [0.05, 0.1) is 6.04 Å². The van der Waals surface area contributed by atoms with Crippen LogP contribution < -0.4 is 0 Å². The maximum atomic E-state index is 4.32. The minimum Gasteiger partial charge on any atom is -0.365 e. The first-order chi connectivity index (χ1) is 11.0. The molecule has 1 unspecified atom stereocenters. The maximum absolute atomic E-state index is 4.32. The lowest BCUT2D eigenvalue weighted by atomic mass is 9.94. The average molecular weight is 305 g/mol. The first kappa shape index (κ1) is 17.1. The van der Waals surface area contributed by atoms with Gasteiger partial charge in [0.2, 0.25) is 0 Å². The lowest BCUT2D eigenvalue weighted by molar-refractivity contribution is 0.354. The Morgan fingerprint density at radius 1 is 1.26 bits per heavy atom. The standard InChI is InChI=1S/C22H27N/c1-7-10-12-19(11-8-2)16(4)20-13-14-21-17(5)23(9-3)18(6)22(21)15-20/h7-8,10-15,18H,4-5,9H2,1-3,6H3/b10-7+,11-8+,19-12+. The van der Waals surface area contributed by atoms with E-state index in [2.05, 4.69) is 74.4 Å². The van der Waals surface area contributed by atoms with E-state index in [4.69, 9.17) is 0 Å². The molecule has 0 saturated heterocycles. The summed E-state index contributed by atoms with van der Waals surface area (Å²) in [4.78, 5) is 2.35. The Labute approximate surface area is 141 Å². The quantitative estimate of drug-likeness (QED) is 0.590. The molecule has 1 aliphatic rings. The summed E-state index contributed by atoms with van der Waals surface area (Å²) in [6, 6.07) is 6.99. The van der Waals surface area contributed by atoms with E-state index in [1.807, 2.05) is 19.9 Å². The van der Waals surface area contributed by atoms with Gasteiger partial charge in [-0.2, -0.15) is 0 Å². The molecular formula is C22H27N. The highest BCUT2D eigenvalue weighted by Gasteiger charge is 2.28. The predicted octanol–water partition coefficient (Wildman–Crippen LogP) is 6.15. The number of allylic oxidation sites excluding steroid dienone is 7. The Balaban J connectivity index is 2.42. The summed E-state index contributed by atoms with van der Waals surface area (Å²) in [5.41, 5.74) is 7.11. The van der Waals surface area contributed by atoms with Crippen molar-refractivity contribution in [2.24, 2.45) is 0 Å². The average Bonchev–Trinajstić information content (AvgIpc) is 2.81. The Morgan fingerprint density at radius 3 is 2.61 bits per heavy atom. The van der Waals surface area contributed by atoms with Crippen LogP contribution in [0, 0.1) is 0 Å². The molecule has 0 bridgehead atoms. The zero-order valence-corrected chi connectivity index (χ0v) is 14.8. The summed E-state index contributed by atoms with van der Waals surface area (Å²) in [7, 11) is 0. The fourth-order valence-corrected chi connectivity index (χ4v) is 3.18. The molecule has 2 rings (SSSR count). The molecule has 1 aromatic rings. The topological polar surface area (TPSA) is 3.24 Å².